The minimum atomic E-state index is -1.03. The lowest BCUT2D eigenvalue weighted by molar-refractivity contribution is 0.340. The Kier molecular flexibility index (Phi) is 11.0. The Morgan fingerprint density at radius 3 is 0.769 bits per heavy atom. The molecule has 0 spiro atoms. The van der Waals surface area contributed by atoms with Gasteiger partial charge in [0.1, 0.15) is 23.0 Å². The van der Waals surface area contributed by atoms with Crippen molar-refractivity contribution in [3.63, 3.8) is 0 Å². The first-order valence-electron chi connectivity index (χ1n) is 13.4. The lowest BCUT2D eigenvalue weighted by atomic mass is 10.3. The highest BCUT2D eigenvalue weighted by atomic mass is 31.2. The van der Waals surface area contributed by atoms with Crippen molar-refractivity contribution in [1.82, 2.24) is 4.86 Å². The van der Waals surface area contributed by atoms with Crippen LogP contribution in [0.1, 0.15) is 27.7 Å². The fourth-order valence-electron chi connectivity index (χ4n) is 4.00. The van der Waals surface area contributed by atoms with Crippen LogP contribution in [0.25, 0.3) is 0 Å². The van der Waals surface area contributed by atoms with Gasteiger partial charge in [-0.05, 0) is 146 Å². The molecule has 0 aliphatic carbocycles. The summed E-state index contributed by atoms with van der Waals surface area (Å²) in [4.78, 5) is 5.63. The summed E-state index contributed by atoms with van der Waals surface area (Å²) < 4.78 is 22.8. The Labute approximate surface area is 235 Å². The molecule has 1 radical (unpaired) electrons. The molecule has 4 rings (SSSR count). The highest BCUT2D eigenvalue weighted by Gasteiger charge is 2.24. The van der Waals surface area contributed by atoms with Gasteiger partial charge in [-0.2, -0.15) is 4.86 Å². The standard InChI is InChI=1S/C32H36NO4P2/c1-5-34-25-9-17-29(18-10-25)38(30-19-11-26(12-20-30)35-6-2)33-39(31-21-13-27(14-22-31)36-7-3)32-23-15-28(16-24-32)37-8-4/h9-24H,5-8H2,1-4H3. The highest BCUT2D eigenvalue weighted by molar-refractivity contribution is 7.85. The van der Waals surface area contributed by atoms with E-state index in [1.54, 1.807) is 0 Å². The molecule has 39 heavy (non-hydrogen) atoms. The van der Waals surface area contributed by atoms with Crippen LogP contribution in [0.15, 0.2) is 97.1 Å². The maximum atomic E-state index is 5.71. The molecular formula is C32H36NO4P2. The monoisotopic (exact) mass is 560 g/mol. The Hall–Kier alpha value is -3.10. The van der Waals surface area contributed by atoms with Crippen molar-refractivity contribution in [2.45, 2.75) is 27.7 Å². The molecule has 0 saturated heterocycles. The first-order chi connectivity index (χ1) is 19.1. The van der Waals surface area contributed by atoms with Crippen molar-refractivity contribution in [2.75, 3.05) is 26.4 Å². The summed E-state index contributed by atoms with van der Waals surface area (Å²) in [6.07, 6.45) is 0. The number of benzene rings is 4. The highest BCUT2D eigenvalue weighted by Crippen LogP contribution is 2.45. The Balaban J connectivity index is 1.74. The van der Waals surface area contributed by atoms with Gasteiger partial charge in [-0.15, -0.1) is 0 Å². The van der Waals surface area contributed by atoms with Gasteiger partial charge in [0, 0.05) is 16.1 Å². The molecule has 0 N–H and O–H groups in total. The van der Waals surface area contributed by atoms with Gasteiger partial charge < -0.3 is 18.9 Å². The van der Waals surface area contributed by atoms with E-state index in [1.165, 1.54) is 21.2 Å². The zero-order chi connectivity index (χ0) is 27.5. The van der Waals surface area contributed by atoms with Crippen LogP contribution in [0.2, 0.25) is 0 Å². The minimum Gasteiger partial charge on any atom is -0.494 e. The van der Waals surface area contributed by atoms with Crippen molar-refractivity contribution in [1.29, 1.82) is 0 Å². The molecule has 203 valence electrons. The normalized spacial score (nSPS) is 11.0. The first-order valence-corrected chi connectivity index (χ1v) is 16.0. The third kappa shape index (κ3) is 7.96. The Bertz CT molecular complexity index is 1060. The van der Waals surface area contributed by atoms with E-state index in [-0.39, 0.29) is 0 Å². The van der Waals surface area contributed by atoms with Gasteiger partial charge >= 0.3 is 0 Å². The molecule has 0 amide bonds. The first kappa shape index (κ1) is 28.9. The van der Waals surface area contributed by atoms with Gasteiger partial charge in [-0.25, -0.2) is 0 Å². The molecule has 0 heterocycles. The molecule has 0 bridgehead atoms. The fraction of sp³-hybridized carbons (Fsp3) is 0.250. The van der Waals surface area contributed by atoms with Gasteiger partial charge in [0.25, 0.3) is 0 Å². The number of hydrogen-bond acceptors (Lipinski definition) is 4. The molecule has 4 aromatic rings. The summed E-state index contributed by atoms with van der Waals surface area (Å²) in [5.41, 5.74) is 0. The van der Waals surface area contributed by atoms with Crippen molar-refractivity contribution in [3.8, 4) is 23.0 Å². The van der Waals surface area contributed by atoms with E-state index in [1.807, 2.05) is 76.2 Å². The van der Waals surface area contributed by atoms with Crippen LogP contribution in [0.4, 0.5) is 0 Å². The van der Waals surface area contributed by atoms with Gasteiger partial charge in [-0.1, -0.05) is 0 Å². The van der Waals surface area contributed by atoms with Crippen LogP contribution in [0.3, 0.4) is 0 Å². The van der Waals surface area contributed by atoms with Crippen molar-refractivity contribution < 1.29 is 18.9 Å². The van der Waals surface area contributed by atoms with Crippen molar-refractivity contribution >= 4 is 37.4 Å². The van der Waals surface area contributed by atoms with Gasteiger partial charge in [-0.3, -0.25) is 0 Å². The summed E-state index contributed by atoms with van der Waals surface area (Å²) >= 11 is 0. The van der Waals surface area contributed by atoms with E-state index < -0.39 is 16.1 Å². The molecule has 0 aromatic heterocycles. The molecule has 0 unspecified atom stereocenters. The smallest absolute Gasteiger partial charge is 0.119 e. The van der Waals surface area contributed by atoms with Crippen LogP contribution in [0, 0.1) is 0 Å². The minimum absolute atomic E-state index is 0.637. The number of hydrogen-bond donors (Lipinski definition) is 0. The van der Waals surface area contributed by atoms with E-state index in [4.69, 9.17) is 23.8 Å². The van der Waals surface area contributed by atoms with E-state index in [9.17, 15) is 0 Å². The second kappa shape index (κ2) is 14.9. The van der Waals surface area contributed by atoms with Crippen LogP contribution in [-0.4, -0.2) is 26.4 Å². The summed E-state index contributed by atoms with van der Waals surface area (Å²) in [6.45, 7) is 10.5. The summed E-state index contributed by atoms with van der Waals surface area (Å²) in [5, 5.41) is 4.67. The maximum absolute atomic E-state index is 5.71. The Morgan fingerprint density at radius 1 is 0.385 bits per heavy atom. The fourth-order valence-corrected chi connectivity index (χ4v) is 8.69. The zero-order valence-electron chi connectivity index (χ0n) is 23.0. The second-order valence-electron chi connectivity index (χ2n) is 8.42. The predicted molar refractivity (Wildman–Crippen MR) is 165 cm³/mol. The molecule has 0 saturated carbocycles. The molecule has 4 aromatic carbocycles. The average Bonchev–Trinajstić information content (AvgIpc) is 2.97. The van der Waals surface area contributed by atoms with Gasteiger partial charge in [0.2, 0.25) is 0 Å². The summed E-state index contributed by atoms with van der Waals surface area (Å²) in [6, 6.07) is 33.4. The number of rotatable bonds is 14. The molecule has 0 atom stereocenters. The largest absolute Gasteiger partial charge is 0.494 e. The van der Waals surface area contributed by atoms with E-state index in [0.29, 0.717) is 26.4 Å². The number of nitrogens with zero attached hydrogens (tertiary/aromatic N) is 1. The lowest BCUT2D eigenvalue weighted by Crippen LogP contribution is -2.23. The topological polar surface area (TPSA) is 51.0 Å². The van der Waals surface area contributed by atoms with Gasteiger partial charge in [0.05, 0.1) is 26.4 Å². The Morgan fingerprint density at radius 2 is 0.590 bits per heavy atom. The average molecular weight is 561 g/mol. The lowest BCUT2D eigenvalue weighted by Gasteiger charge is -2.26. The van der Waals surface area contributed by atoms with E-state index in [2.05, 4.69) is 48.5 Å². The predicted octanol–water partition coefficient (Wildman–Crippen LogP) is 6.28. The van der Waals surface area contributed by atoms with Crippen LogP contribution in [-0.2, 0) is 0 Å². The number of ether oxygens (including phenoxy) is 4. The molecule has 0 fully saturated rings. The van der Waals surface area contributed by atoms with Crippen LogP contribution >= 0.6 is 16.1 Å². The van der Waals surface area contributed by atoms with E-state index in [0.717, 1.165) is 23.0 Å². The second-order valence-corrected chi connectivity index (χ2v) is 12.4. The molecule has 5 nitrogen and oxygen atoms in total. The third-order valence-electron chi connectivity index (χ3n) is 5.75. The molecule has 7 heteroatoms. The van der Waals surface area contributed by atoms with Crippen molar-refractivity contribution in [2.24, 2.45) is 0 Å². The van der Waals surface area contributed by atoms with Gasteiger partial charge in [0.15, 0.2) is 0 Å². The van der Waals surface area contributed by atoms with Crippen LogP contribution in [0.5, 0.6) is 23.0 Å². The van der Waals surface area contributed by atoms with Crippen molar-refractivity contribution in [3.05, 3.63) is 97.1 Å². The third-order valence-corrected chi connectivity index (χ3v) is 10.3. The SMILES string of the molecule is CCOc1ccc(P([N]P(c2ccc(OCC)cc2)c2ccc(OCC)cc2)c2ccc(OCC)cc2)cc1. The zero-order valence-corrected chi connectivity index (χ0v) is 24.8. The van der Waals surface area contributed by atoms with E-state index >= 15 is 0 Å². The maximum Gasteiger partial charge on any atom is 0.119 e. The summed E-state index contributed by atoms with van der Waals surface area (Å²) in [5.74, 6) is 3.46. The molecule has 0 aliphatic rings. The summed E-state index contributed by atoms with van der Waals surface area (Å²) in [7, 11) is -2.06. The molecular weight excluding hydrogens is 524 g/mol. The molecule has 0 aliphatic heterocycles. The van der Waals surface area contributed by atoms with Crippen LogP contribution < -0.4 is 45.0 Å². The quantitative estimate of drug-likeness (QED) is 0.170.